The minimum absolute atomic E-state index is 0.00483. The number of likely N-dealkylation sites (tertiary alicyclic amines) is 1. The van der Waals surface area contributed by atoms with Crippen LogP contribution in [0.25, 0.3) is 0 Å². The molecule has 0 amide bonds. The summed E-state index contributed by atoms with van der Waals surface area (Å²) in [6.45, 7) is 0.00493. The van der Waals surface area contributed by atoms with Gasteiger partial charge in [0.15, 0.2) is 5.69 Å². The Morgan fingerprint density at radius 1 is 1.35 bits per heavy atom. The van der Waals surface area contributed by atoms with Crippen molar-refractivity contribution in [3.05, 3.63) is 16.1 Å². The van der Waals surface area contributed by atoms with Crippen molar-refractivity contribution in [1.82, 2.24) is 9.88 Å². The third-order valence-electron chi connectivity index (χ3n) is 3.36. The standard InChI is InChI=1S/C11H14F5N3S/c12-10(13)1-3-19(4-2-10)7(5-17)8-9(11(14,15)16)18-6-20-8/h6-7H,1-5,17H2. The molecule has 1 atom stereocenters. The van der Waals surface area contributed by atoms with Gasteiger partial charge in [-0.15, -0.1) is 11.3 Å². The van der Waals surface area contributed by atoms with Crippen LogP contribution in [0.5, 0.6) is 0 Å². The maximum Gasteiger partial charge on any atom is 0.434 e. The molecule has 1 fully saturated rings. The Bertz CT molecular complexity index is 449. The van der Waals surface area contributed by atoms with E-state index in [1.165, 1.54) is 0 Å². The lowest BCUT2D eigenvalue weighted by Crippen LogP contribution is -2.43. The van der Waals surface area contributed by atoms with Crippen LogP contribution in [-0.2, 0) is 6.18 Å². The Morgan fingerprint density at radius 3 is 2.45 bits per heavy atom. The third-order valence-corrected chi connectivity index (χ3v) is 4.29. The second-order valence-corrected chi connectivity index (χ2v) is 5.59. The largest absolute Gasteiger partial charge is 0.434 e. The van der Waals surface area contributed by atoms with Crippen LogP contribution < -0.4 is 5.73 Å². The molecule has 0 aliphatic carbocycles. The van der Waals surface area contributed by atoms with Gasteiger partial charge in [-0.05, 0) is 0 Å². The fourth-order valence-electron chi connectivity index (χ4n) is 2.29. The number of thiazole rings is 1. The van der Waals surface area contributed by atoms with Gasteiger partial charge in [-0.3, -0.25) is 4.90 Å². The molecule has 9 heteroatoms. The summed E-state index contributed by atoms with van der Waals surface area (Å²) in [5, 5.41) is 0. The molecule has 114 valence electrons. The van der Waals surface area contributed by atoms with E-state index in [1.54, 1.807) is 4.90 Å². The molecule has 1 unspecified atom stereocenters. The fourth-order valence-corrected chi connectivity index (χ4v) is 3.24. The Labute approximate surface area is 116 Å². The first-order valence-electron chi connectivity index (χ1n) is 6.07. The van der Waals surface area contributed by atoms with Crippen LogP contribution in [0.4, 0.5) is 22.0 Å². The van der Waals surface area contributed by atoms with Gasteiger partial charge in [-0.25, -0.2) is 13.8 Å². The minimum atomic E-state index is -4.55. The molecule has 1 saturated heterocycles. The second-order valence-electron chi connectivity index (χ2n) is 4.71. The summed E-state index contributed by atoms with van der Waals surface area (Å²) in [4.78, 5) is 4.93. The van der Waals surface area contributed by atoms with Crippen molar-refractivity contribution in [3.63, 3.8) is 0 Å². The van der Waals surface area contributed by atoms with Crippen molar-refractivity contribution >= 4 is 11.3 Å². The Hall–Kier alpha value is -0.800. The molecule has 2 heterocycles. The van der Waals surface area contributed by atoms with E-state index < -0.39 is 23.8 Å². The van der Waals surface area contributed by atoms with E-state index in [-0.39, 0.29) is 37.4 Å². The molecule has 20 heavy (non-hydrogen) atoms. The predicted octanol–water partition coefficient (Wildman–Crippen LogP) is 2.89. The second kappa shape index (κ2) is 5.53. The molecule has 0 bridgehead atoms. The molecule has 0 aromatic carbocycles. The van der Waals surface area contributed by atoms with Crippen molar-refractivity contribution in [2.75, 3.05) is 19.6 Å². The van der Waals surface area contributed by atoms with Gasteiger partial charge in [-0.1, -0.05) is 0 Å². The number of hydrogen-bond acceptors (Lipinski definition) is 4. The number of halogens is 5. The quantitative estimate of drug-likeness (QED) is 0.872. The van der Waals surface area contributed by atoms with E-state index in [1.807, 2.05) is 0 Å². The Kier molecular flexibility index (Phi) is 4.31. The molecule has 2 N–H and O–H groups in total. The fraction of sp³-hybridized carbons (Fsp3) is 0.727. The van der Waals surface area contributed by atoms with Crippen molar-refractivity contribution in [3.8, 4) is 0 Å². The topological polar surface area (TPSA) is 42.1 Å². The minimum Gasteiger partial charge on any atom is -0.329 e. The van der Waals surface area contributed by atoms with Crippen molar-refractivity contribution < 1.29 is 22.0 Å². The SMILES string of the molecule is NCC(c1scnc1C(F)(F)F)N1CCC(F)(F)CC1. The summed E-state index contributed by atoms with van der Waals surface area (Å²) in [6.07, 6.45) is -5.27. The number of nitrogens with zero attached hydrogens (tertiary/aromatic N) is 2. The molecule has 0 spiro atoms. The molecule has 0 saturated carbocycles. The van der Waals surface area contributed by atoms with Gasteiger partial charge in [0.05, 0.1) is 16.4 Å². The number of alkyl halides is 5. The first-order valence-corrected chi connectivity index (χ1v) is 6.95. The Morgan fingerprint density at radius 2 is 1.95 bits per heavy atom. The van der Waals surface area contributed by atoms with E-state index in [4.69, 9.17) is 5.73 Å². The average Bonchev–Trinajstić information content (AvgIpc) is 2.81. The highest BCUT2D eigenvalue weighted by Crippen LogP contribution is 2.39. The lowest BCUT2D eigenvalue weighted by Gasteiger charge is -2.36. The van der Waals surface area contributed by atoms with Gasteiger partial charge in [0.1, 0.15) is 0 Å². The van der Waals surface area contributed by atoms with Gasteiger partial charge >= 0.3 is 6.18 Å². The van der Waals surface area contributed by atoms with E-state index in [2.05, 4.69) is 4.98 Å². The van der Waals surface area contributed by atoms with Gasteiger partial charge in [0.25, 0.3) is 5.92 Å². The number of nitrogens with two attached hydrogens (primary N) is 1. The van der Waals surface area contributed by atoms with Crippen LogP contribution >= 0.6 is 11.3 Å². The molecule has 1 aliphatic heterocycles. The van der Waals surface area contributed by atoms with Crippen LogP contribution in [0.1, 0.15) is 29.5 Å². The molecule has 1 aromatic heterocycles. The first-order chi connectivity index (χ1) is 9.24. The van der Waals surface area contributed by atoms with E-state index >= 15 is 0 Å². The van der Waals surface area contributed by atoms with Gasteiger partial charge in [-0.2, -0.15) is 13.2 Å². The lowest BCUT2D eigenvalue weighted by molar-refractivity contribution is -0.142. The first kappa shape index (κ1) is 15.6. The molecule has 1 aliphatic rings. The third kappa shape index (κ3) is 3.26. The summed E-state index contributed by atoms with van der Waals surface area (Å²) >= 11 is 0.862. The monoisotopic (exact) mass is 315 g/mol. The summed E-state index contributed by atoms with van der Waals surface area (Å²) in [5.41, 5.74) is 5.70. The predicted molar refractivity (Wildman–Crippen MR) is 64.7 cm³/mol. The number of rotatable bonds is 3. The van der Waals surface area contributed by atoms with E-state index in [9.17, 15) is 22.0 Å². The summed E-state index contributed by atoms with van der Waals surface area (Å²) in [5.74, 6) is -2.74. The zero-order valence-corrected chi connectivity index (χ0v) is 11.3. The average molecular weight is 315 g/mol. The number of aromatic nitrogens is 1. The van der Waals surface area contributed by atoms with E-state index in [0.717, 1.165) is 16.8 Å². The van der Waals surface area contributed by atoms with Crippen LogP contribution in [0.15, 0.2) is 5.51 Å². The highest BCUT2D eigenvalue weighted by molar-refractivity contribution is 7.09. The maximum atomic E-state index is 13.1. The smallest absolute Gasteiger partial charge is 0.329 e. The lowest BCUT2D eigenvalue weighted by atomic mass is 10.0. The summed E-state index contributed by atoms with van der Waals surface area (Å²) in [7, 11) is 0. The van der Waals surface area contributed by atoms with E-state index in [0.29, 0.717) is 0 Å². The van der Waals surface area contributed by atoms with Crippen molar-refractivity contribution in [2.24, 2.45) is 5.73 Å². The normalized spacial score (nSPS) is 21.9. The summed E-state index contributed by atoms with van der Waals surface area (Å²) < 4.78 is 64.7. The number of piperidine rings is 1. The molecule has 0 radical (unpaired) electrons. The zero-order valence-electron chi connectivity index (χ0n) is 10.5. The highest BCUT2D eigenvalue weighted by Gasteiger charge is 2.41. The molecule has 3 nitrogen and oxygen atoms in total. The van der Waals surface area contributed by atoms with Crippen molar-refractivity contribution in [2.45, 2.75) is 31.0 Å². The van der Waals surface area contributed by atoms with Gasteiger partial charge in [0, 0.05) is 32.5 Å². The van der Waals surface area contributed by atoms with Crippen LogP contribution in [-0.4, -0.2) is 35.4 Å². The van der Waals surface area contributed by atoms with Crippen molar-refractivity contribution in [1.29, 1.82) is 0 Å². The Balaban J connectivity index is 2.20. The molecule has 1 aromatic rings. The molecule has 2 rings (SSSR count). The highest BCUT2D eigenvalue weighted by atomic mass is 32.1. The molecular weight excluding hydrogens is 301 g/mol. The number of hydrogen-bond donors (Lipinski definition) is 1. The van der Waals surface area contributed by atoms with Crippen LogP contribution in [0.2, 0.25) is 0 Å². The maximum absolute atomic E-state index is 13.1. The summed E-state index contributed by atoms with van der Waals surface area (Å²) in [6, 6.07) is -0.713. The molecular formula is C11H14F5N3S. The van der Waals surface area contributed by atoms with Crippen LogP contribution in [0, 0.1) is 0 Å². The van der Waals surface area contributed by atoms with Gasteiger partial charge in [0.2, 0.25) is 0 Å². The zero-order chi connectivity index (χ0) is 15.0. The van der Waals surface area contributed by atoms with Gasteiger partial charge < -0.3 is 5.73 Å². The van der Waals surface area contributed by atoms with Crippen LogP contribution in [0.3, 0.4) is 0 Å².